The molecule has 0 atom stereocenters. The highest BCUT2D eigenvalue weighted by molar-refractivity contribution is 5.55. The molecule has 0 saturated heterocycles. The zero-order valence-electron chi connectivity index (χ0n) is 11.2. The van der Waals surface area contributed by atoms with Crippen LogP contribution in [0.5, 0.6) is 11.5 Å². The molecule has 2 aliphatic rings. The molecule has 0 bridgehead atoms. The van der Waals surface area contributed by atoms with Gasteiger partial charge in [0.25, 0.3) is 0 Å². The monoisotopic (exact) mass is 247 g/mol. The highest BCUT2D eigenvalue weighted by Gasteiger charge is 2.43. The largest absolute Gasteiger partial charge is 0.490 e. The van der Waals surface area contributed by atoms with Gasteiger partial charge in [0.1, 0.15) is 0 Å². The Balaban J connectivity index is 2.14. The summed E-state index contributed by atoms with van der Waals surface area (Å²) in [6.45, 7) is 5.85. The van der Waals surface area contributed by atoms with E-state index in [1.165, 1.54) is 11.1 Å². The van der Waals surface area contributed by atoms with E-state index >= 15 is 0 Å². The molecule has 1 saturated carbocycles. The van der Waals surface area contributed by atoms with Gasteiger partial charge in [-0.3, -0.25) is 0 Å². The maximum atomic E-state index is 6.38. The topological polar surface area (TPSA) is 44.5 Å². The first-order valence-corrected chi connectivity index (χ1v) is 6.84. The molecule has 0 amide bonds. The number of benzene rings is 1. The van der Waals surface area contributed by atoms with Gasteiger partial charge in [-0.05, 0) is 30.4 Å². The Kier molecular flexibility index (Phi) is 2.74. The molecule has 3 heteroatoms. The summed E-state index contributed by atoms with van der Waals surface area (Å²) in [6.07, 6.45) is 3.09. The van der Waals surface area contributed by atoms with Crippen LogP contribution in [0.3, 0.4) is 0 Å². The highest BCUT2D eigenvalue weighted by atomic mass is 16.5. The lowest BCUT2D eigenvalue weighted by molar-refractivity contribution is 0.295. The van der Waals surface area contributed by atoms with Crippen LogP contribution in [0.15, 0.2) is 12.1 Å². The van der Waals surface area contributed by atoms with Crippen LogP contribution in [0.2, 0.25) is 0 Å². The van der Waals surface area contributed by atoms with Crippen molar-refractivity contribution in [3.8, 4) is 11.5 Å². The number of nitrogens with two attached hydrogens (primary N) is 1. The third-order valence-corrected chi connectivity index (χ3v) is 3.86. The van der Waals surface area contributed by atoms with E-state index < -0.39 is 0 Å². The molecule has 0 spiro atoms. The van der Waals surface area contributed by atoms with E-state index in [-0.39, 0.29) is 5.54 Å². The van der Waals surface area contributed by atoms with Crippen LogP contribution in [-0.4, -0.2) is 13.2 Å². The van der Waals surface area contributed by atoms with E-state index in [0.717, 1.165) is 44.0 Å². The Bertz CT molecular complexity index is 464. The zero-order valence-corrected chi connectivity index (χ0v) is 11.2. The smallest absolute Gasteiger partial charge is 0.164 e. The molecule has 3 nitrogen and oxygen atoms in total. The Morgan fingerprint density at radius 1 is 1.17 bits per heavy atom. The Morgan fingerprint density at radius 3 is 2.56 bits per heavy atom. The fourth-order valence-corrected chi connectivity index (χ4v) is 2.67. The second-order valence-electron chi connectivity index (χ2n) is 5.72. The molecule has 1 aliphatic heterocycles. The first-order valence-electron chi connectivity index (χ1n) is 6.84. The predicted octanol–water partition coefficient (Wildman–Crippen LogP) is 2.92. The van der Waals surface area contributed by atoms with Crippen LogP contribution in [0.4, 0.5) is 0 Å². The third-order valence-electron chi connectivity index (χ3n) is 3.86. The summed E-state index contributed by atoms with van der Waals surface area (Å²) in [7, 11) is 0. The van der Waals surface area contributed by atoms with Gasteiger partial charge < -0.3 is 15.2 Å². The minimum atomic E-state index is -0.121. The summed E-state index contributed by atoms with van der Waals surface area (Å²) in [4.78, 5) is 0. The lowest BCUT2D eigenvalue weighted by Gasteiger charge is -2.22. The molecule has 18 heavy (non-hydrogen) atoms. The van der Waals surface area contributed by atoms with Crippen molar-refractivity contribution in [2.75, 3.05) is 13.2 Å². The van der Waals surface area contributed by atoms with Crippen LogP contribution < -0.4 is 15.2 Å². The molecule has 98 valence electrons. The average Bonchev–Trinajstić information content (AvgIpc) is 3.10. The van der Waals surface area contributed by atoms with Crippen molar-refractivity contribution in [2.24, 2.45) is 5.73 Å². The van der Waals surface area contributed by atoms with Gasteiger partial charge in [-0.15, -0.1) is 0 Å². The first kappa shape index (κ1) is 11.8. The fraction of sp³-hybridized carbons (Fsp3) is 0.600. The molecular weight excluding hydrogens is 226 g/mol. The SMILES string of the molecule is CC(C)c1c(C2(N)CC2)ccc2c1OCCCO2. The van der Waals surface area contributed by atoms with Gasteiger partial charge in [0.05, 0.1) is 13.2 Å². The molecular formula is C15H21NO2. The maximum absolute atomic E-state index is 6.38. The van der Waals surface area contributed by atoms with Crippen molar-refractivity contribution in [1.82, 2.24) is 0 Å². The molecule has 1 heterocycles. The van der Waals surface area contributed by atoms with E-state index in [9.17, 15) is 0 Å². The van der Waals surface area contributed by atoms with Crippen LogP contribution in [0.1, 0.15) is 50.2 Å². The summed E-state index contributed by atoms with van der Waals surface area (Å²) < 4.78 is 11.7. The molecule has 3 rings (SSSR count). The Hall–Kier alpha value is -1.22. The number of hydrogen-bond acceptors (Lipinski definition) is 3. The van der Waals surface area contributed by atoms with Gasteiger partial charge in [-0.1, -0.05) is 19.9 Å². The molecule has 0 aromatic heterocycles. The van der Waals surface area contributed by atoms with Gasteiger partial charge in [-0.2, -0.15) is 0 Å². The van der Waals surface area contributed by atoms with Crippen LogP contribution in [0, 0.1) is 0 Å². The first-order chi connectivity index (χ1) is 8.62. The maximum Gasteiger partial charge on any atom is 0.164 e. The van der Waals surface area contributed by atoms with Crippen molar-refractivity contribution in [3.63, 3.8) is 0 Å². The summed E-state index contributed by atoms with van der Waals surface area (Å²) in [5.74, 6) is 2.21. The molecule has 2 N–H and O–H groups in total. The summed E-state index contributed by atoms with van der Waals surface area (Å²) in [6, 6.07) is 4.16. The van der Waals surface area contributed by atoms with Crippen LogP contribution in [0.25, 0.3) is 0 Å². The van der Waals surface area contributed by atoms with Crippen molar-refractivity contribution >= 4 is 0 Å². The third kappa shape index (κ3) is 1.87. The summed E-state index contributed by atoms with van der Waals surface area (Å²) >= 11 is 0. The van der Waals surface area contributed by atoms with Crippen molar-refractivity contribution in [2.45, 2.75) is 44.6 Å². The van der Waals surface area contributed by atoms with E-state index in [2.05, 4.69) is 19.9 Å². The zero-order chi connectivity index (χ0) is 12.8. The number of fused-ring (bicyclic) bond motifs is 1. The minimum Gasteiger partial charge on any atom is -0.490 e. The van der Waals surface area contributed by atoms with Crippen LogP contribution >= 0.6 is 0 Å². The lowest BCUT2D eigenvalue weighted by Crippen LogP contribution is -2.21. The summed E-state index contributed by atoms with van der Waals surface area (Å²) in [5.41, 5.74) is 8.76. The number of hydrogen-bond donors (Lipinski definition) is 1. The van der Waals surface area contributed by atoms with Gasteiger partial charge in [-0.25, -0.2) is 0 Å². The predicted molar refractivity (Wildman–Crippen MR) is 71.2 cm³/mol. The molecule has 1 aromatic rings. The Morgan fingerprint density at radius 2 is 1.89 bits per heavy atom. The van der Waals surface area contributed by atoms with Crippen molar-refractivity contribution in [1.29, 1.82) is 0 Å². The van der Waals surface area contributed by atoms with Gasteiger partial charge in [0.2, 0.25) is 0 Å². The molecule has 1 fully saturated rings. The normalized spacial score (nSPS) is 20.7. The fourth-order valence-electron chi connectivity index (χ4n) is 2.67. The lowest BCUT2D eigenvalue weighted by atomic mass is 9.90. The standard InChI is InChI=1S/C15H21NO2/c1-10(2)13-11(15(16)6-7-15)4-5-12-14(13)18-9-3-8-17-12/h4-5,10H,3,6-9,16H2,1-2H3. The van der Waals surface area contributed by atoms with Crippen molar-refractivity contribution < 1.29 is 9.47 Å². The quantitative estimate of drug-likeness (QED) is 0.874. The Labute approximate surface area is 108 Å². The van der Waals surface area contributed by atoms with Gasteiger partial charge in [0.15, 0.2) is 11.5 Å². The second kappa shape index (κ2) is 4.16. The minimum absolute atomic E-state index is 0.121. The van der Waals surface area contributed by atoms with E-state index in [0.29, 0.717) is 5.92 Å². The molecule has 0 unspecified atom stereocenters. The molecule has 1 aliphatic carbocycles. The molecule has 1 aromatic carbocycles. The van der Waals surface area contributed by atoms with Crippen molar-refractivity contribution in [3.05, 3.63) is 23.3 Å². The van der Waals surface area contributed by atoms with E-state index in [1.54, 1.807) is 0 Å². The number of rotatable bonds is 2. The van der Waals surface area contributed by atoms with E-state index in [1.807, 2.05) is 6.07 Å². The molecule has 0 radical (unpaired) electrons. The summed E-state index contributed by atoms with van der Waals surface area (Å²) in [5, 5.41) is 0. The highest BCUT2D eigenvalue weighted by Crippen LogP contribution is 2.50. The van der Waals surface area contributed by atoms with Gasteiger partial charge >= 0.3 is 0 Å². The van der Waals surface area contributed by atoms with Crippen LogP contribution in [-0.2, 0) is 5.54 Å². The second-order valence-corrected chi connectivity index (χ2v) is 5.72. The van der Waals surface area contributed by atoms with Gasteiger partial charge in [0, 0.05) is 17.5 Å². The number of ether oxygens (including phenoxy) is 2. The average molecular weight is 247 g/mol. The van der Waals surface area contributed by atoms with E-state index in [4.69, 9.17) is 15.2 Å².